The minimum absolute atomic E-state index is 0.118. The zero-order valence-electron chi connectivity index (χ0n) is 10.7. The van der Waals surface area contributed by atoms with E-state index in [-0.39, 0.29) is 18.6 Å². The summed E-state index contributed by atoms with van der Waals surface area (Å²) in [4.78, 5) is 24.5. The third kappa shape index (κ3) is 2.71. The van der Waals surface area contributed by atoms with Gasteiger partial charge in [0.25, 0.3) is 5.56 Å². The van der Waals surface area contributed by atoms with Crippen LogP contribution in [0.4, 0.5) is 14.9 Å². The van der Waals surface area contributed by atoms with E-state index in [9.17, 15) is 14.0 Å². The molecule has 1 aliphatic rings. The lowest BCUT2D eigenvalue weighted by molar-refractivity contribution is 0.107. The Hall–Kier alpha value is -2.09. The molecule has 0 aliphatic carbocycles. The molecule has 0 N–H and O–H groups in total. The molecular formula is C13H10BrFN2O4. The highest BCUT2D eigenvalue weighted by Gasteiger charge is 2.33. The number of cyclic esters (lactones) is 1. The van der Waals surface area contributed by atoms with Gasteiger partial charge in [0.1, 0.15) is 18.2 Å². The van der Waals surface area contributed by atoms with E-state index in [1.165, 1.54) is 29.4 Å². The van der Waals surface area contributed by atoms with Crippen LogP contribution in [-0.2, 0) is 11.3 Å². The highest BCUT2D eigenvalue weighted by molar-refractivity contribution is 9.10. The van der Waals surface area contributed by atoms with Crippen LogP contribution < -0.4 is 10.5 Å². The van der Waals surface area contributed by atoms with Gasteiger partial charge < -0.3 is 9.26 Å². The number of hydrogen-bond acceptors (Lipinski definition) is 4. The standard InChI is InChI=1S/C13H10BrFN2O4/c14-10-2-1-8(5-11(10)15)16-6-9(21-13(16)19)7-17-12(18)3-4-20-17/h1-5,9H,6-7H2/t9-/m1/s1. The number of nitrogens with zero attached hydrogens (tertiary/aromatic N) is 2. The summed E-state index contributed by atoms with van der Waals surface area (Å²) in [5.41, 5.74) is 0.0918. The average Bonchev–Trinajstić information content (AvgIpc) is 3.00. The average molecular weight is 357 g/mol. The Labute approximate surface area is 126 Å². The third-order valence-corrected chi connectivity index (χ3v) is 3.75. The van der Waals surface area contributed by atoms with Gasteiger partial charge in [0, 0.05) is 6.07 Å². The molecule has 8 heteroatoms. The Morgan fingerprint density at radius 1 is 1.33 bits per heavy atom. The van der Waals surface area contributed by atoms with Gasteiger partial charge in [-0.2, -0.15) is 4.74 Å². The number of ether oxygens (including phenoxy) is 1. The number of halogens is 2. The van der Waals surface area contributed by atoms with Crippen LogP contribution in [0.25, 0.3) is 0 Å². The van der Waals surface area contributed by atoms with Crippen LogP contribution in [-0.4, -0.2) is 23.5 Å². The molecule has 0 saturated carbocycles. The SMILES string of the molecule is O=C1O[C@@H](Cn2occc2=O)CN1c1ccc(Br)c(F)c1. The van der Waals surface area contributed by atoms with Gasteiger partial charge in [0.2, 0.25) is 0 Å². The first-order valence-corrected chi connectivity index (χ1v) is 6.92. The Morgan fingerprint density at radius 2 is 2.14 bits per heavy atom. The number of carbonyl (C=O) groups is 1. The van der Waals surface area contributed by atoms with Crippen LogP contribution in [0.2, 0.25) is 0 Å². The van der Waals surface area contributed by atoms with Gasteiger partial charge in [-0.1, -0.05) is 0 Å². The summed E-state index contributed by atoms with van der Waals surface area (Å²) in [6, 6.07) is 5.64. The minimum atomic E-state index is -0.582. The first-order chi connectivity index (χ1) is 10.0. The van der Waals surface area contributed by atoms with Crippen molar-refractivity contribution in [3.63, 3.8) is 0 Å². The molecule has 1 saturated heterocycles. The molecule has 0 bridgehead atoms. The summed E-state index contributed by atoms with van der Waals surface area (Å²) < 4.78 is 25.1. The number of benzene rings is 1. The van der Waals surface area contributed by atoms with Crippen LogP contribution in [0, 0.1) is 5.82 Å². The first-order valence-electron chi connectivity index (χ1n) is 6.12. The number of rotatable bonds is 3. The van der Waals surface area contributed by atoms with Gasteiger partial charge >= 0.3 is 6.09 Å². The predicted octanol–water partition coefficient (Wildman–Crippen LogP) is 2.37. The number of carbonyl (C=O) groups excluding carboxylic acids is 1. The summed E-state index contributed by atoms with van der Waals surface area (Å²) in [5.74, 6) is -0.467. The van der Waals surface area contributed by atoms with E-state index in [1.807, 2.05) is 0 Å². The second kappa shape index (κ2) is 5.36. The molecule has 1 fully saturated rings. The normalized spacial score (nSPS) is 18.1. The van der Waals surface area contributed by atoms with Crippen LogP contribution in [0.5, 0.6) is 0 Å². The molecule has 1 aromatic carbocycles. The van der Waals surface area contributed by atoms with Gasteiger partial charge in [0.05, 0.1) is 23.2 Å². The van der Waals surface area contributed by atoms with Gasteiger partial charge in [-0.05, 0) is 34.1 Å². The molecule has 0 unspecified atom stereocenters. The molecule has 2 aromatic rings. The molecule has 0 radical (unpaired) electrons. The van der Waals surface area contributed by atoms with E-state index >= 15 is 0 Å². The fourth-order valence-corrected chi connectivity index (χ4v) is 2.34. The molecule has 1 amide bonds. The van der Waals surface area contributed by atoms with Crippen LogP contribution >= 0.6 is 15.9 Å². The molecule has 1 aliphatic heterocycles. The molecular weight excluding hydrogens is 347 g/mol. The summed E-state index contributed by atoms with van der Waals surface area (Å²) in [5, 5.41) is 0. The van der Waals surface area contributed by atoms with Gasteiger partial charge in [-0.3, -0.25) is 9.69 Å². The van der Waals surface area contributed by atoms with E-state index in [0.717, 1.165) is 4.74 Å². The summed E-state index contributed by atoms with van der Waals surface area (Å²) in [6.45, 7) is 0.333. The summed E-state index contributed by atoms with van der Waals surface area (Å²) in [7, 11) is 0. The van der Waals surface area contributed by atoms with Crippen molar-refractivity contribution < 1.29 is 18.4 Å². The zero-order chi connectivity index (χ0) is 15.0. The van der Waals surface area contributed by atoms with Crippen molar-refractivity contribution in [1.82, 2.24) is 4.74 Å². The van der Waals surface area contributed by atoms with E-state index in [1.54, 1.807) is 6.07 Å². The Morgan fingerprint density at radius 3 is 2.81 bits per heavy atom. The molecule has 21 heavy (non-hydrogen) atoms. The van der Waals surface area contributed by atoms with E-state index in [0.29, 0.717) is 10.2 Å². The molecule has 3 rings (SSSR count). The van der Waals surface area contributed by atoms with Crippen molar-refractivity contribution in [2.24, 2.45) is 0 Å². The van der Waals surface area contributed by atoms with Crippen molar-refractivity contribution in [2.45, 2.75) is 12.6 Å². The largest absolute Gasteiger partial charge is 0.442 e. The lowest BCUT2D eigenvalue weighted by Gasteiger charge is -2.13. The van der Waals surface area contributed by atoms with Gasteiger partial charge in [0.15, 0.2) is 0 Å². The van der Waals surface area contributed by atoms with Gasteiger partial charge in [-0.25, -0.2) is 9.18 Å². The molecule has 110 valence electrons. The Balaban J connectivity index is 1.77. The maximum absolute atomic E-state index is 13.5. The predicted molar refractivity (Wildman–Crippen MR) is 74.7 cm³/mol. The number of anilines is 1. The second-order valence-electron chi connectivity index (χ2n) is 4.52. The monoisotopic (exact) mass is 356 g/mol. The molecule has 2 heterocycles. The Bertz CT molecular complexity index is 742. The molecule has 1 aromatic heterocycles. The third-order valence-electron chi connectivity index (χ3n) is 3.10. The lowest BCUT2D eigenvalue weighted by atomic mass is 10.2. The summed E-state index contributed by atoms with van der Waals surface area (Å²) in [6.07, 6.45) is 0.149. The fraction of sp³-hybridized carbons (Fsp3) is 0.231. The second-order valence-corrected chi connectivity index (χ2v) is 5.38. The van der Waals surface area contributed by atoms with Crippen molar-refractivity contribution in [1.29, 1.82) is 0 Å². The van der Waals surface area contributed by atoms with Crippen molar-refractivity contribution in [3.8, 4) is 0 Å². The molecule has 0 spiro atoms. The van der Waals surface area contributed by atoms with E-state index in [2.05, 4.69) is 15.9 Å². The van der Waals surface area contributed by atoms with Crippen molar-refractivity contribution in [2.75, 3.05) is 11.4 Å². The molecule has 6 nitrogen and oxygen atoms in total. The maximum Gasteiger partial charge on any atom is 0.414 e. The first kappa shape index (κ1) is 13.9. The number of aromatic nitrogens is 1. The topological polar surface area (TPSA) is 64.7 Å². The maximum atomic E-state index is 13.5. The highest BCUT2D eigenvalue weighted by Crippen LogP contribution is 2.26. The van der Waals surface area contributed by atoms with Crippen LogP contribution in [0.3, 0.4) is 0 Å². The number of hydrogen-bond donors (Lipinski definition) is 0. The Kier molecular flexibility index (Phi) is 3.54. The minimum Gasteiger partial charge on any atom is -0.442 e. The highest BCUT2D eigenvalue weighted by atomic mass is 79.9. The van der Waals surface area contributed by atoms with Gasteiger partial charge in [-0.15, -0.1) is 0 Å². The summed E-state index contributed by atoms with van der Waals surface area (Å²) >= 11 is 3.05. The van der Waals surface area contributed by atoms with Crippen molar-refractivity contribution >= 4 is 27.7 Å². The smallest absolute Gasteiger partial charge is 0.414 e. The van der Waals surface area contributed by atoms with Crippen LogP contribution in [0.1, 0.15) is 0 Å². The van der Waals surface area contributed by atoms with E-state index < -0.39 is 18.0 Å². The van der Waals surface area contributed by atoms with Crippen LogP contribution in [0.15, 0.2) is 44.3 Å². The quantitative estimate of drug-likeness (QED) is 0.846. The lowest BCUT2D eigenvalue weighted by Crippen LogP contribution is -2.28. The number of amides is 1. The molecule has 1 atom stereocenters. The van der Waals surface area contributed by atoms with Crippen molar-refractivity contribution in [3.05, 3.63) is 51.2 Å². The zero-order valence-corrected chi connectivity index (χ0v) is 12.2. The van der Waals surface area contributed by atoms with E-state index in [4.69, 9.17) is 9.26 Å². The fourth-order valence-electron chi connectivity index (χ4n) is 2.10.